The quantitative estimate of drug-likeness (QED) is 0.876. The molecule has 1 unspecified atom stereocenters. The molecular formula is C13H14BrClN2O2. The van der Waals surface area contributed by atoms with Crippen LogP contribution in [0.25, 0.3) is 0 Å². The highest BCUT2D eigenvalue weighted by molar-refractivity contribution is 9.10. The highest BCUT2D eigenvalue weighted by Crippen LogP contribution is 2.15. The number of hydrogen-bond donors (Lipinski definition) is 1. The molecule has 0 aliphatic heterocycles. The van der Waals surface area contributed by atoms with Crippen molar-refractivity contribution in [1.82, 2.24) is 9.78 Å². The molecule has 1 N–H and O–H groups in total. The van der Waals surface area contributed by atoms with E-state index in [1.165, 1.54) is 0 Å². The van der Waals surface area contributed by atoms with Crippen LogP contribution in [0.3, 0.4) is 0 Å². The molecule has 1 atom stereocenters. The van der Waals surface area contributed by atoms with E-state index in [-0.39, 0.29) is 6.61 Å². The van der Waals surface area contributed by atoms with Gasteiger partial charge in [0.1, 0.15) is 0 Å². The van der Waals surface area contributed by atoms with Crippen molar-refractivity contribution < 1.29 is 9.84 Å². The Balaban J connectivity index is 1.75. The van der Waals surface area contributed by atoms with Gasteiger partial charge in [0.15, 0.2) is 0 Å². The maximum absolute atomic E-state index is 9.83. The molecule has 0 saturated heterocycles. The van der Waals surface area contributed by atoms with Crippen LogP contribution in [0.1, 0.15) is 5.56 Å². The molecule has 0 saturated carbocycles. The van der Waals surface area contributed by atoms with Crippen molar-refractivity contribution in [2.45, 2.75) is 19.3 Å². The Labute approximate surface area is 125 Å². The summed E-state index contributed by atoms with van der Waals surface area (Å²) in [7, 11) is 0. The second kappa shape index (κ2) is 7.05. The summed E-state index contributed by atoms with van der Waals surface area (Å²) in [6.45, 7) is 1.02. The molecule has 102 valence electrons. The van der Waals surface area contributed by atoms with Crippen molar-refractivity contribution in [3.63, 3.8) is 0 Å². The van der Waals surface area contributed by atoms with Crippen molar-refractivity contribution in [2.24, 2.45) is 0 Å². The third kappa shape index (κ3) is 4.62. The molecule has 0 spiro atoms. The van der Waals surface area contributed by atoms with Gasteiger partial charge in [0.05, 0.1) is 36.5 Å². The first kappa shape index (κ1) is 14.5. The molecule has 4 nitrogen and oxygen atoms in total. The van der Waals surface area contributed by atoms with Gasteiger partial charge in [-0.15, -0.1) is 0 Å². The first-order valence-electron chi connectivity index (χ1n) is 5.82. The van der Waals surface area contributed by atoms with Gasteiger partial charge in [-0.25, -0.2) is 0 Å². The highest BCUT2D eigenvalue weighted by atomic mass is 79.9. The smallest absolute Gasteiger partial charge is 0.0969 e. The fourth-order valence-electron chi connectivity index (χ4n) is 1.63. The van der Waals surface area contributed by atoms with Gasteiger partial charge < -0.3 is 9.84 Å². The van der Waals surface area contributed by atoms with E-state index in [9.17, 15) is 5.11 Å². The topological polar surface area (TPSA) is 47.3 Å². The summed E-state index contributed by atoms with van der Waals surface area (Å²) in [5.41, 5.74) is 0.915. The van der Waals surface area contributed by atoms with Gasteiger partial charge >= 0.3 is 0 Å². The number of aliphatic hydroxyl groups is 1. The average Bonchev–Trinajstić information content (AvgIpc) is 2.77. The molecule has 1 heterocycles. The van der Waals surface area contributed by atoms with Gasteiger partial charge in [-0.3, -0.25) is 4.68 Å². The van der Waals surface area contributed by atoms with Crippen LogP contribution in [0.4, 0.5) is 0 Å². The van der Waals surface area contributed by atoms with Crippen molar-refractivity contribution in [2.75, 3.05) is 6.61 Å². The van der Waals surface area contributed by atoms with E-state index < -0.39 is 6.10 Å². The number of aromatic nitrogens is 2. The van der Waals surface area contributed by atoms with Crippen LogP contribution in [0, 0.1) is 0 Å². The van der Waals surface area contributed by atoms with Gasteiger partial charge in [0.2, 0.25) is 0 Å². The monoisotopic (exact) mass is 344 g/mol. The summed E-state index contributed by atoms with van der Waals surface area (Å²) in [5, 5.41) is 14.6. The first-order valence-corrected chi connectivity index (χ1v) is 6.99. The molecule has 6 heteroatoms. The van der Waals surface area contributed by atoms with E-state index in [0.29, 0.717) is 18.2 Å². The Morgan fingerprint density at radius 1 is 1.42 bits per heavy atom. The summed E-state index contributed by atoms with van der Waals surface area (Å²) in [4.78, 5) is 0. The second-order valence-electron chi connectivity index (χ2n) is 4.14. The minimum Gasteiger partial charge on any atom is -0.389 e. The first-order chi connectivity index (χ1) is 9.15. The van der Waals surface area contributed by atoms with Crippen LogP contribution < -0.4 is 0 Å². The van der Waals surface area contributed by atoms with E-state index >= 15 is 0 Å². The number of rotatable bonds is 6. The zero-order chi connectivity index (χ0) is 13.7. The lowest BCUT2D eigenvalue weighted by Crippen LogP contribution is -2.22. The van der Waals surface area contributed by atoms with Crippen LogP contribution in [0.2, 0.25) is 5.02 Å². The third-order valence-corrected chi connectivity index (χ3v) is 3.30. The van der Waals surface area contributed by atoms with Crippen LogP contribution in [-0.2, 0) is 17.9 Å². The number of nitrogens with zero attached hydrogens (tertiary/aromatic N) is 2. The molecular weight excluding hydrogens is 332 g/mol. The number of halogens is 2. The molecule has 0 radical (unpaired) electrons. The lowest BCUT2D eigenvalue weighted by Gasteiger charge is -2.12. The number of aliphatic hydroxyl groups excluding tert-OH is 1. The minimum absolute atomic E-state index is 0.239. The molecule has 1 aromatic heterocycles. The molecule has 0 fully saturated rings. The summed E-state index contributed by atoms with van der Waals surface area (Å²) < 4.78 is 8.00. The normalized spacial score (nSPS) is 12.6. The highest BCUT2D eigenvalue weighted by Gasteiger charge is 2.07. The number of ether oxygens (including phenoxy) is 1. The Morgan fingerprint density at radius 2 is 2.21 bits per heavy atom. The molecule has 1 aromatic carbocycles. The SMILES string of the molecule is OC(COCc1ccccc1Cl)Cn1cc(Br)cn1. The van der Waals surface area contributed by atoms with Gasteiger partial charge in [0.25, 0.3) is 0 Å². The summed E-state index contributed by atoms with van der Waals surface area (Å²) in [6, 6.07) is 7.50. The summed E-state index contributed by atoms with van der Waals surface area (Å²) in [6.07, 6.45) is 2.88. The Morgan fingerprint density at radius 3 is 2.89 bits per heavy atom. The van der Waals surface area contributed by atoms with Crippen molar-refractivity contribution in [3.8, 4) is 0 Å². The van der Waals surface area contributed by atoms with Gasteiger partial charge in [0, 0.05) is 11.2 Å². The van der Waals surface area contributed by atoms with E-state index in [1.54, 1.807) is 17.1 Å². The molecule has 19 heavy (non-hydrogen) atoms. The Bertz CT molecular complexity index is 533. The molecule has 0 aliphatic rings. The van der Waals surface area contributed by atoms with E-state index in [1.807, 2.05) is 24.3 Å². The zero-order valence-electron chi connectivity index (χ0n) is 10.2. The predicted octanol–water partition coefficient (Wildman–Crippen LogP) is 2.88. The number of benzene rings is 1. The fraction of sp³-hybridized carbons (Fsp3) is 0.308. The van der Waals surface area contributed by atoms with Crippen LogP contribution in [0.5, 0.6) is 0 Å². The van der Waals surface area contributed by atoms with Crippen molar-refractivity contribution >= 4 is 27.5 Å². The molecule has 0 aliphatic carbocycles. The second-order valence-corrected chi connectivity index (χ2v) is 5.46. The van der Waals surface area contributed by atoms with Gasteiger partial charge in [-0.1, -0.05) is 29.8 Å². The molecule has 2 aromatic rings. The van der Waals surface area contributed by atoms with Gasteiger partial charge in [-0.2, -0.15) is 5.10 Å². The van der Waals surface area contributed by atoms with Crippen molar-refractivity contribution in [3.05, 3.63) is 51.7 Å². The predicted molar refractivity (Wildman–Crippen MR) is 77.0 cm³/mol. The maximum atomic E-state index is 9.83. The molecule has 2 rings (SSSR count). The minimum atomic E-state index is -0.603. The van der Waals surface area contributed by atoms with Crippen molar-refractivity contribution in [1.29, 1.82) is 0 Å². The third-order valence-electron chi connectivity index (χ3n) is 2.53. The summed E-state index contributed by atoms with van der Waals surface area (Å²) in [5.74, 6) is 0. The standard InChI is InChI=1S/C13H14BrClN2O2/c14-11-5-16-17(6-11)7-12(18)9-19-8-10-3-1-2-4-13(10)15/h1-6,12,18H,7-9H2. The van der Waals surface area contributed by atoms with Crippen LogP contribution in [-0.4, -0.2) is 27.6 Å². The zero-order valence-corrected chi connectivity index (χ0v) is 12.5. The lowest BCUT2D eigenvalue weighted by atomic mass is 10.2. The van der Waals surface area contributed by atoms with Crippen LogP contribution >= 0.6 is 27.5 Å². The lowest BCUT2D eigenvalue weighted by molar-refractivity contribution is 0.0187. The fourth-order valence-corrected chi connectivity index (χ4v) is 2.15. The summed E-state index contributed by atoms with van der Waals surface area (Å²) >= 11 is 9.31. The van der Waals surface area contributed by atoms with E-state index in [2.05, 4.69) is 21.0 Å². The molecule has 0 amide bonds. The molecule has 0 bridgehead atoms. The Kier molecular flexibility index (Phi) is 5.39. The van der Waals surface area contributed by atoms with Gasteiger partial charge in [-0.05, 0) is 27.6 Å². The largest absolute Gasteiger partial charge is 0.389 e. The average molecular weight is 346 g/mol. The maximum Gasteiger partial charge on any atom is 0.0969 e. The number of hydrogen-bond acceptors (Lipinski definition) is 3. The van der Waals surface area contributed by atoms with E-state index in [0.717, 1.165) is 10.0 Å². The van der Waals surface area contributed by atoms with E-state index in [4.69, 9.17) is 16.3 Å². The van der Waals surface area contributed by atoms with Crippen LogP contribution in [0.15, 0.2) is 41.1 Å². The Hall–Kier alpha value is -0.880.